The molecule has 1 aromatic carbocycles. The highest BCUT2D eigenvalue weighted by Crippen LogP contribution is 2.25. The Morgan fingerprint density at radius 2 is 1.90 bits per heavy atom. The number of aromatic nitrogens is 4. The minimum atomic E-state index is -0.449. The number of aryl methyl sites for hydroxylation is 1. The van der Waals surface area contributed by atoms with E-state index in [1.54, 1.807) is 34.3 Å². The number of rotatable bonds is 4. The van der Waals surface area contributed by atoms with Crippen molar-refractivity contribution in [2.45, 2.75) is 25.9 Å². The molecule has 1 aliphatic rings. The molecule has 0 aliphatic carbocycles. The molecule has 1 aliphatic heterocycles. The Morgan fingerprint density at radius 3 is 2.61 bits per heavy atom. The number of nitrogens with zero attached hydrogens (tertiary/aromatic N) is 5. The second-order valence-electron chi connectivity index (χ2n) is 7.47. The van der Waals surface area contributed by atoms with Crippen LogP contribution in [0.25, 0.3) is 0 Å². The molecule has 9 nitrogen and oxygen atoms in total. The first-order valence-corrected chi connectivity index (χ1v) is 10.3. The standard InChI is InChI=1S/C22H25N7O2/c1-16-25-20(27-26-16)19-15-28(22(31)24-14-17-6-3-2-4-7-17)12-5-13-29(19)21(30)18-8-10-23-11-9-18/h2-4,6-11,19H,5,12-15H2,1H3,(H,24,31)(H,25,26,27). The molecule has 1 unspecified atom stereocenters. The first kappa shape index (κ1) is 20.5. The Morgan fingerprint density at radius 1 is 1.13 bits per heavy atom. The molecular formula is C22H25N7O2. The summed E-state index contributed by atoms with van der Waals surface area (Å²) in [6.07, 6.45) is 3.86. The summed E-state index contributed by atoms with van der Waals surface area (Å²) in [5.74, 6) is 1.04. The van der Waals surface area contributed by atoms with Gasteiger partial charge in [0.05, 0.1) is 6.54 Å². The van der Waals surface area contributed by atoms with Gasteiger partial charge < -0.3 is 15.1 Å². The van der Waals surface area contributed by atoms with Crippen LogP contribution < -0.4 is 5.32 Å². The highest BCUT2D eigenvalue weighted by atomic mass is 16.2. The van der Waals surface area contributed by atoms with Crippen molar-refractivity contribution < 1.29 is 9.59 Å². The predicted molar refractivity (Wildman–Crippen MR) is 114 cm³/mol. The Bertz CT molecular complexity index is 1020. The molecule has 1 fully saturated rings. The van der Waals surface area contributed by atoms with Gasteiger partial charge in [-0.25, -0.2) is 9.78 Å². The van der Waals surface area contributed by atoms with Crippen LogP contribution in [-0.2, 0) is 6.54 Å². The molecule has 0 radical (unpaired) electrons. The van der Waals surface area contributed by atoms with Gasteiger partial charge >= 0.3 is 6.03 Å². The van der Waals surface area contributed by atoms with Gasteiger partial charge in [0.2, 0.25) is 0 Å². The molecule has 4 rings (SSSR count). The number of nitrogens with one attached hydrogen (secondary N) is 2. The fourth-order valence-corrected chi connectivity index (χ4v) is 3.69. The molecule has 160 valence electrons. The summed E-state index contributed by atoms with van der Waals surface area (Å²) in [4.78, 5) is 38.1. The third kappa shape index (κ3) is 4.88. The molecular weight excluding hydrogens is 394 g/mol. The van der Waals surface area contributed by atoms with Crippen molar-refractivity contribution in [2.75, 3.05) is 19.6 Å². The Labute approximate surface area is 180 Å². The van der Waals surface area contributed by atoms with Crippen LogP contribution in [0.4, 0.5) is 4.79 Å². The lowest BCUT2D eigenvalue weighted by Crippen LogP contribution is -2.44. The van der Waals surface area contributed by atoms with E-state index in [0.29, 0.717) is 49.8 Å². The van der Waals surface area contributed by atoms with Gasteiger partial charge in [0.1, 0.15) is 11.9 Å². The maximum absolute atomic E-state index is 13.2. The number of hydrogen-bond donors (Lipinski definition) is 2. The predicted octanol–water partition coefficient (Wildman–Crippen LogP) is 2.31. The zero-order valence-electron chi connectivity index (χ0n) is 17.4. The van der Waals surface area contributed by atoms with Gasteiger partial charge in [0.15, 0.2) is 5.82 Å². The molecule has 0 saturated carbocycles. The van der Waals surface area contributed by atoms with Crippen molar-refractivity contribution in [1.82, 2.24) is 35.3 Å². The van der Waals surface area contributed by atoms with Gasteiger partial charge in [-0.15, -0.1) is 0 Å². The first-order chi connectivity index (χ1) is 15.1. The summed E-state index contributed by atoms with van der Waals surface area (Å²) >= 11 is 0. The molecule has 2 N–H and O–H groups in total. The van der Waals surface area contributed by atoms with Gasteiger partial charge in [0, 0.05) is 37.6 Å². The minimum Gasteiger partial charge on any atom is -0.334 e. The van der Waals surface area contributed by atoms with Crippen LogP contribution in [0.5, 0.6) is 0 Å². The fourth-order valence-electron chi connectivity index (χ4n) is 3.69. The number of carbonyl (C=O) groups is 2. The molecule has 9 heteroatoms. The maximum Gasteiger partial charge on any atom is 0.317 e. The average Bonchev–Trinajstić information content (AvgIpc) is 3.12. The number of urea groups is 1. The lowest BCUT2D eigenvalue weighted by Gasteiger charge is -2.30. The lowest BCUT2D eigenvalue weighted by atomic mass is 10.1. The summed E-state index contributed by atoms with van der Waals surface area (Å²) in [7, 11) is 0. The lowest BCUT2D eigenvalue weighted by molar-refractivity contribution is 0.0669. The zero-order valence-corrected chi connectivity index (χ0v) is 17.4. The van der Waals surface area contributed by atoms with Gasteiger partial charge in [-0.3, -0.25) is 14.9 Å². The van der Waals surface area contributed by atoms with Gasteiger partial charge in [-0.1, -0.05) is 30.3 Å². The molecule has 1 saturated heterocycles. The van der Waals surface area contributed by atoms with Crippen LogP contribution in [0.15, 0.2) is 54.9 Å². The van der Waals surface area contributed by atoms with Crippen molar-refractivity contribution in [1.29, 1.82) is 0 Å². The highest BCUT2D eigenvalue weighted by molar-refractivity contribution is 5.94. The number of amides is 3. The van der Waals surface area contributed by atoms with Crippen LogP contribution in [-0.4, -0.2) is 61.5 Å². The van der Waals surface area contributed by atoms with Crippen LogP contribution >= 0.6 is 0 Å². The van der Waals surface area contributed by atoms with Crippen LogP contribution in [0.2, 0.25) is 0 Å². The molecule has 0 bridgehead atoms. The van der Waals surface area contributed by atoms with E-state index in [0.717, 1.165) is 5.56 Å². The molecule has 3 aromatic rings. The van der Waals surface area contributed by atoms with Crippen LogP contribution in [0.1, 0.15) is 40.0 Å². The van der Waals surface area contributed by atoms with Crippen LogP contribution in [0, 0.1) is 6.92 Å². The number of hydrogen-bond acceptors (Lipinski definition) is 5. The van der Waals surface area contributed by atoms with Gasteiger partial charge in [-0.05, 0) is 31.0 Å². The summed E-state index contributed by atoms with van der Waals surface area (Å²) in [6, 6.07) is 12.5. The van der Waals surface area contributed by atoms with E-state index in [1.807, 2.05) is 37.3 Å². The smallest absolute Gasteiger partial charge is 0.317 e. The summed E-state index contributed by atoms with van der Waals surface area (Å²) in [5.41, 5.74) is 1.58. The monoisotopic (exact) mass is 419 g/mol. The number of H-pyrrole nitrogens is 1. The van der Waals surface area contributed by atoms with E-state index in [1.165, 1.54) is 0 Å². The van der Waals surface area contributed by atoms with Crippen molar-refractivity contribution in [2.24, 2.45) is 0 Å². The van der Waals surface area contributed by atoms with Gasteiger partial charge in [-0.2, -0.15) is 5.10 Å². The average molecular weight is 419 g/mol. The third-order valence-corrected chi connectivity index (χ3v) is 5.27. The Balaban J connectivity index is 1.53. The van der Waals surface area contributed by atoms with E-state index >= 15 is 0 Å². The molecule has 3 amide bonds. The van der Waals surface area contributed by atoms with E-state index in [-0.39, 0.29) is 11.9 Å². The number of carbonyl (C=O) groups excluding carboxylic acids is 2. The van der Waals surface area contributed by atoms with Crippen molar-refractivity contribution >= 4 is 11.9 Å². The van der Waals surface area contributed by atoms with E-state index in [4.69, 9.17) is 0 Å². The van der Waals surface area contributed by atoms with E-state index in [2.05, 4.69) is 25.5 Å². The second kappa shape index (κ2) is 9.38. The Kier molecular flexibility index (Phi) is 6.21. The summed E-state index contributed by atoms with van der Waals surface area (Å²) in [5, 5.41) is 10.1. The Hall–Kier alpha value is -3.75. The van der Waals surface area contributed by atoms with Crippen molar-refractivity contribution in [3.8, 4) is 0 Å². The van der Waals surface area contributed by atoms with E-state index in [9.17, 15) is 9.59 Å². The minimum absolute atomic E-state index is 0.124. The number of pyridine rings is 1. The molecule has 31 heavy (non-hydrogen) atoms. The molecule has 2 aromatic heterocycles. The first-order valence-electron chi connectivity index (χ1n) is 10.3. The zero-order chi connectivity index (χ0) is 21.6. The van der Waals surface area contributed by atoms with Crippen molar-refractivity contribution in [3.63, 3.8) is 0 Å². The van der Waals surface area contributed by atoms with Crippen LogP contribution in [0.3, 0.4) is 0 Å². The summed E-state index contributed by atoms with van der Waals surface area (Å²) < 4.78 is 0. The normalized spacial score (nSPS) is 16.6. The second-order valence-corrected chi connectivity index (χ2v) is 7.47. The fraction of sp³-hybridized carbons (Fsp3) is 0.318. The topological polar surface area (TPSA) is 107 Å². The molecule has 3 heterocycles. The van der Waals surface area contributed by atoms with Gasteiger partial charge in [0.25, 0.3) is 5.91 Å². The maximum atomic E-state index is 13.2. The molecule has 0 spiro atoms. The molecule has 1 atom stereocenters. The SMILES string of the molecule is Cc1nc(C2CN(C(=O)NCc3ccccc3)CCCN2C(=O)c2ccncc2)n[nH]1. The largest absolute Gasteiger partial charge is 0.334 e. The third-order valence-electron chi connectivity index (χ3n) is 5.27. The highest BCUT2D eigenvalue weighted by Gasteiger charge is 2.34. The number of aromatic amines is 1. The number of benzene rings is 1. The van der Waals surface area contributed by atoms with E-state index < -0.39 is 6.04 Å². The van der Waals surface area contributed by atoms with Crippen molar-refractivity contribution in [3.05, 3.63) is 77.6 Å². The summed E-state index contributed by atoms with van der Waals surface area (Å²) in [6.45, 7) is 3.62. The quantitative estimate of drug-likeness (QED) is 0.675.